The second-order valence-electron chi connectivity index (χ2n) is 9.03. The number of benzene rings is 2. The fourth-order valence-corrected chi connectivity index (χ4v) is 4.91. The van der Waals surface area contributed by atoms with Gasteiger partial charge in [0.15, 0.2) is 0 Å². The molecule has 2 saturated carbocycles. The van der Waals surface area contributed by atoms with Crippen LogP contribution in [-0.4, -0.2) is 25.1 Å². The molecule has 0 saturated heterocycles. The fourth-order valence-electron chi connectivity index (χ4n) is 4.91. The smallest absolute Gasteiger partial charge is 0.315 e. The quantitative estimate of drug-likeness (QED) is 0.634. The Kier molecular flexibility index (Phi) is 6.16. The van der Waals surface area contributed by atoms with Gasteiger partial charge in [0.2, 0.25) is 5.91 Å². The molecule has 6 heteroatoms. The lowest BCUT2D eigenvalue weighted by molar-refractivity contribution is -0.139. The Hall–Kier alpha value is -3.02. The molecule has 0 heterocycles. The van der Waals surface area contributed by atoms with Crippen LogP contribution in [0.3, 0.4) is 0 Å². The van der Waals surface area contributed by atoms with E-state index in [0.717, 1.165) is 42.6 Å². The van der Waals surface area contributed by atoms with Crippen molar-refractivity contribution in [1.82, 2.24) is 16.0 Å². The van der Waals surface area contributed by atoms with Gasteiger partial charge in [-0.15, -0.1) is 0 Å². The van der Waals surface area contributed by atoms with E-state index < -0.39 is 0 Å². The predicted octanol–water partition coefficient (Wildman–Crippen LogP) is 3.93. The van der Waals surface area contributed by atoms with Crippen LogP contribution >= 0.6 is 0 Å². The van der Waals surface area contributed by atoms with Gasteiger partial charge in [-0.3, -0.25) is 4.79 Å². The molecule has 31 heavy (non-hydrogen) atoms. The summed E-state index contributed by atoms with van der Waals surface area (Å²) in [5, 5.41) is 9.10. The van der Waals surface area contributed by atoms with Crippen LogP contribution in [-0.2, 0) is 11.3 Å². The highest BCUT2D eigenvalue weighted by Crippen LogP contribution is 2.58. The zero-order valence-electron chi connectivity index (χ0n) is 18.2. The summed E-state index contributed by atoms with van der Waals surface area (Å²) in [7, 11) is 1.63. The first kappa shape index (κ1) is 21.2. The van der Waals surface area contributed by atoms with Crippen molar-refractivity contribution >= 4 is 11.9 Å². The van der Waals surface area contributed by atoms with E-state index in [4.69, 9.17) is 4.74 Å². The molecule has 2 fully saturated rings. The van der Waals surface area contributed by atoms with E-state index in [1.54, 1.807) is 7.11 Å². The minimum atomic E-state index is -0.138. The van der Waals surface area contributed by atoms with Crippen molar-refractivity contribution in [3.8, 4) is 5.75 Å². The van der Waals surface area contributed by atoms with Crippen molar-refractivity contribution in [2.24, 2.45) is 11.3 Å². The second kappa shape index (κ2) is 9.00. The number of carbonyl (C=O) groups is 2. The van der Waals surface area contributed by atoms with E-state index in [1.807, 2.05) is 61.5 Å². The molecule has 2 aliphatic rings. The number of nitrogens with one attached hydrogen (secondary N) is 3. The molecule has 0 bridgehead atoms. The Bertz CT molecular complexity index is 899. The summed E-state index contributed by atoms with van der Waals surface area (Å²) < 4.78 is 5.14. The van der Waals surface area contributed by atoms with E-state index in [0.29, 0.717) is 6.54 Å². The third kappa shape index (κ3) is 5.01. The molecule has 2 aromatic carbocycles. The van der Waals surface area contributed by atoms with Crippen LogP contribution in [0.4, 0.5) is 4.79 Å². The normalized spacial score (nSPS) is 25.0. The summed E-state index contributed by atoms with van der Waals surface area (Å²) >= 11 is 0. The summed E-state index contributed by atoms with van der Waals surface area (Å²) in [5.74, 6) is 1.04. The van der Waals surface area contributed by atoms with Crippen LogP contribution in [0, 0.1) is 11.3 Å². The highest BCUT2D eigenvalue weighted by Gasteiger charge is 2.55. The summed E-state index contributed by atoms with van der Waals surface area (Å²) in [6, 6.07) is 17.8. The number of hydrogen-bond acceptors (Lipinski definition) is 3. The van der Waals surface area contributed by atoms with Crippen molar-refractivity contribution in [1.29, 1.82) is 0 Å². The van der Waals surface area contributed by atoms with Gasteiger partial charge in [-0.05, 0) is 61.3 Å². The third-order valence-corrected chi connectivity index (χ3v) is 6.69. The lowest BCUT2D eigenvalue weighted by atomic mass is 9.50. The standard InChI is InChI=1S/C25H31N3O3/c1-17(19-6-4-3-5-7-19)27-23(29)20-12-25(13-20)14-21(15-25)28-24(30)26-16-18-8-10-22(31-2)11-9-18/h3-11,17,20-21H,12-16H2,1-2H3,(H,27,29)(H2,26,28,30)/t17-,20?,21?,25?/m0/s1. The summed E-state index contributed by atoms with van der Waals surface area (Å²) in [4.78, 5) is 24.7. The molecule has 0 unspecified atom stereocenters. The van der Waals surface area contributed by atoms with Crippen molar-refractivity contribution in [3.63, 3.8) is 0 Å². The number of hydrogen-bond donors (Lipinski definition) is 3. The number of carbonyl (C=O) groups excluding carboxylic acids is 2. The van der Waals surface area contributed by atoms with Crippen LogP contribution in [0.5, 0.6) is 5.75 Å². The number of rotatable bonds is 7. The van der Waals surface area contributed by atoms with Gasteiger partial charge >= 0.3 is 6.03 Å². The van der Waals surface area contributed by atoms with E-state index in [9.17, 15) is 9.59 Å². The van der Waals surface area contributed by atoms with Gasteiger partial charge in [-0.25, -0.2) is 4.79 Å². The van der Waals surface area contributed by atoms with Crippen LogP contribution in [0.25, 0.3) is 0 Å². The van der Waals surface area contributed by atoms with E-state index in [2.05, 4.69) is 16.0 Å². The number of methoxy groups -OCH3 is 1. The first-order valence-electron chi connectivity index (χ1n) is 11.0. The van der Waals surface area contributed by atoms with Gasteiger partial charge in [-0.1, -0.05) is 42.5 Å². The van der Waals surface area contributed by atoms with Gasteiger partial charge in [0.05, 0.1) is 13.2 Å². The van der Waals surface area contributed by atoms with Crippen LogP contribution in [0.1, 0.15) is 49.8 Å². The highest BCUT2D eigenvalue weighted by molar-refractivity contribution is 5.80. The Morgan fingerprint density at radius 1 is 1.03 bits per heavy atom. The molecule has 0 aliphatic heterocycles. The maximum absolute atomic E-state index is 12.6. The summed E-state index contributed by atoms with van der Waals surface area (Å²) in [6.07, 6.45) is 3.76. The van der Waals surface area contributed by atoms with Gasteiger partial charge in [0, 0.05) is 18.5 Å². The maximum atomic E-state index is 12.6. The molecule has 3 N–H and O–H groups in total. The van der Waals surface area contributed by atoms with Crippen molar-refractivity contribution < 1.29 is 14.3 Å². The third-order valence-electron chi connectivity index (χ3n) is 6.69. The van der Waals surface area contributed by atoms with Crippen molar-refractivity contribution in [2.75, 3.05) is 7.11 Å². The summed E-state index contributed by atoms with van der Waals surface area (Å²) in [5.41, 5.74) is 2.39. The van der Waals surface area contributed by atoms with E-state index in [1.165, 1.54) is 0 Å². The molecule has 2 aromatic rings. The molecular formula is C25H31N3O3. The second-order valence-corrected chi connectivity index (χ2v) is 9.03. The predicted molar refractivity (Wildman–Crippen MR) is 120 cm³/mol. The Morgan fingerprint density at radius 3 is 2.35 bits per heavy atom. The Balaban J connectivity index is 1.14. The van der Waals surface area contributed by atoms with Crippen molar-refractivity contribution in [2.45, 2.75) is 51.2 Å². The molecule has 3 amide bonds. The Morgan fingerprint density at radius 2 is 1.71 bits per heavy atom. The lowest BCUT2D eigenvalue weighted by Crippen LogP contribution is -2.59. The minimum absolute atomic E-state index is 0.0236. The summed E-state index contributed by atoms with van der Waals surface area (Å²) in [6.45, 7) is 2.51. The van der Waals surface area contributed by atoms with Gasteiger partial charge in [0.25, 0.3) is 0 Å². The number of amides is 3. The average Bonchev–Trinajstić information content (AvgIpc) is 2.73. The Labute approximate surface area is 183 Å². The van der Waals surface area contributed by atoms with Crippen LogP contribution < -0.4 is 20.7 Å². The molecule has 164 valence electrons. The topological polar surface area (TPSA) is 79.5 Å². The van der Waals surface area contributed by atoms with E-state index in [-0.39, 0.29) is 35.4 Å². The monoisotopic (exact) mass is 421 g/mol. The molecule has 0 radical (unpaired) electrons. The average molecular weight is 422 g/mol. The van der Waals surface area contributed by atoms with Gasteiger partial charge in [0.1, 0.15) is 5.75 Å². The molecule has 1 spiro atoms. The van der Waals surface area contributed by atoms with Gasteiger partial charge < -0.3 is 20.7 Å². The molecule has 4 rings (SSSR count). The number of ether oxygens (including phenoxy) is 1. The largest absolute Gasteiger partial charge is 0.497 e. The molecule has 1 atom stereocenters. The minimum Gasteiger partial charge on any atom is -0.497 e. The lowest BCUT2D eigenvalue weighted by Gasteiger charge is -2.57. The molecular weight excluding hydrogens is 390 g/mol. The first-order valence-corrected chi connectivity index (χ1v) is 11.0. The maximum Gasteiger partial charge on any atom is 0.315 e. The van der Waals surface area contributed by atoms with Crippen molar-refractivity contribution in [3.05, 3.63) is 65.7 Å². The number of urea groups is 1. The molecule has 6 nitrogen and oxygen atoms in total. The van der Waals surface area contributed by atoms with Crippen LogP contribution in [0.15, 0.2) is 54.6 Å². The zero-order valence-corrected chi connectivity index (χ0v) is 18.2. The molecule has 2 aliphatic carbocycles. The van der Waals surface area contributed by atoms with E-state index >= 15 is 0 Å². The fraction of sp³-hybridized carbons (Fsp3) is 0.440. The highest BCUT2D eigenvalue weighted by atomic mass is 16.5. The molecule has 0 aromatic heterocycles. The van der Waals surface area contributed by atoms with Crippen LogP contribution in [0.2, 0.25) is 0 Å². The zero-order chi connectivity index (χ0) is 21.8. The first-order chi connectivity index (χ1) is 15.0. The van der Waals surface area contributed by atoms with Gasteiger partial charge in [-0.2, -0.15) is 0 Å². The SMILES string of the molecule is COc1ccc(CNC(=O)NC2CC3(C2)CC(C(=O)N[C@@H](C)c2ccccc2)C3)cc1.